The van der Waals surface area contributed by atoms with Gasteiger partial charge in [0.05, 0.1) is 20.1 Å². The van der Waals surface area contributed by atoms with E-state index in [-0.39, 0.29) is 5.92 Å². The molecule has 7 heteroatoms. The first-order valence-electron chi connectivity index (χ1n) is 10.6. The molecule has 0 saturated heterocycles. The van der Waals surface area contributed by atoms with Crippen LogP contribution in [0.15, 0.2) is 28.7 Å². The van der Waals surface area contributed by atoms with Crippen LogP contribution in [0.4, 0.5) is 0 Å². The Hall–Kier alpha value is -2.80. The first kappa shape index (κ1) is 23.9. The minimum Gasteiger partial charge on any atom is -0.464 e. The van der Waals surface area contributed by atoms with Crippen LogP contribution in [0.1, 0.15) is 79.9 Å². The summed E-state index contributed by atoms with van der Waals surface area (Å²) in [7, 11) is 2.77. The van der Waals surface area contributed by atoms with Crippen LogP contribution in [-0.4, -0.2) is 36.1 Å². The van der Waals surface area contributed by atoms with Crippen LogP contribution in [-0.2, 0) is 22.3 Å². The van der Waals surface area contributed by atoms with Crippen molar-refractivity contribution in [2.24, 2.45) is 0 Å². The normalized spacial score (nSPS) is 11.1. The van der Waals surface area contributed by atoms with Gasteiger partial charge >= 0.3 is 11.9 Å². The molecule has 2 aromatic heterocycles. The molecular formula is C25H29BrN2O4. The Labute approximate surface area is 196 Å². The number of carbonyl (C=O) groups excluding carboxylic acids is 2. The van der Waals surface area contributed by atoms with E-state index in [2.05, 4.69) is 25.9 Å². The highest BCUT2D eigenvalue weighted by molar-refractivity contribution is 9.10. The summed E-state index contributed by atoms with van der Waals surface area (Å²) in [6.07, 6.45) is 1.38. The number of esters is 2. The molecular weight excluding hydrogens is 472 g/mol. The monoisotopic (exact) mass is 500 g/mol. The van der Waals surface area contributed by atoms with Gasteiger partial charge in [0.1, 0.15) is 11.4 Å². The molecule has 170 valence electrons. The molecule has 0 spiro atoms. The fourth-order valence-electron chi connectivity index (χ4n) is 4.45. The van der Waals surface area contributed by atoms with E-state index in [0.717, 1.165) is 43.7 Å². The number of rotatable bonds is 7. The maximum Gasteiger partial charge on any atom is 0.354 e. The SMILES string of the molecule is CCc1c(C(=O)OC)[nH]c(C(c2ccc(Br)cc2)c2[nH]c(C(=O)OC)c(CC)c2C)c1C. The second-order valence-corrected chi connectivity index (χ2v) is 8.62. The molecule has 3 aromatic rings. The van der Waals surface area contributed by atoms with Crippen molar-refractivity contribution in [3.8, 4) is 0 Å². The van der Waals surface area contributed by atoms with Gasteiger partial charge in [-0.25, -0.2) is 9.59 Å². The van der Waals surface area contributed by atoms with Gasteiger partial charge < -0.3 is 19.4 Å². The number of hydrogen-bond donors (Lipinski definition) is 2. The molecule has 0 aliphatic heterocycles. The number of H-pyrrole nitrogens is 2. The van der Waals surface area contributed by atoms with Gasteiger partial charge in [0.15, 0.2) is 0 Å². The number of methoxy groups -OCH3 is 2. The Balaban J connectivity index is 2.33. The van der Waals surface area contributed by atoms with Crippen molar-refractivity contribution in [3.05, 3.63) is 79.3 Å². The topological polar surface area (TPSA) is 84.2 Å². The summed E-state index contributed by atoms with van der Waals surface area (Å²) in [5.74, 6) is -1.02. The highest BCUT2D eigenvalue weighted by Gasteiger charge is 2.30. The number of carbonyl (C=O) groups is 2. The Morgan fingerprint density at radius 2 is 1.25 bits per heavy atom. The number of aromatic nitrogens is 2. The first-order chi connectivity index (χ1) is 15.3. The summed E-state index contributed by atoms with van der Waals surface area (Å²) >= 11 is 3.51. The third-order valence-corrected chi connectivity index (χ3v) is 6.63. The van der Waals surface area contributed by atoms with Gasteiger partial charge in [-0.3, -0.25) is 0 Å². The van der Waals surface area contributed by atoms with Crippen molar-refractivity contribution in [1.29, 1.82) is 0 Å². The lowest BCUT2D eigenvalue weighted by molar-refractivity contribution is 0.0585. The number of hydrogen-bond acceptors (Lipinski definition) is 4. The van der Waals surface area contributed by atoms with Gasteiger partial charge in [0.2, 0.25) is 0 Å². The summed E-state index contributed by atoms with van der Waals surface area (Å²) in [6, 6.07) is 8.07. The lowest BCUT2D eigenvalue weighted by atomic mass is 9.87. The molecule has 0 bridgehead atoms. The van der Waals surface area contributed by atoms with Crippen molar-refractivity contribution < 1.29 is 19.1 Å². The fourth-order valence-corrected chi connectivity index (χ4v) is 4.72. The summed E-state index contributed by atoms with van der Waals surface area (Å²) in [5, 5.41) is 0. The van der Waals surface area contributed by atoms with Gasteiger partial charge in [-0.15, -0.1) is 0 Å². The Morgan fingerprint density at radius 1 is 0.844 bits per heavy atom. The van der Waals surface area contributed by atoms with Gasteiger partial charge in [-0.2, -0.15) is 0 Å². The van der Waals surface area contributed by atoms with E-state index in [1.807, 2.05) is 52.0 Å². The zero-order valence-corrected chi connectivity index (χ0v) is 20.9. The lowest BCUT2D eigenvalue weighted by Crippen LogP contribution is -2.09. The molecule has 0 unspecified atom stereocenters. The molecule has 0 amide bonds. The third-order valence-electron chi connectivity index (χ3n) is 6.10. The summed E-state index contributed by atoms with van der Waals surface area (Å²) in [5.41, 5.74) is 7.64. The summed E-state index contributed by atoms with van der Waals surface area (Å²) in [6.45, 7) is 8.07. The smallest absolute Gasteiger partial charge is 0.354 e. The molecule has 1 aromatic carbocycles. The number of ether oxygens (including phenoxy) is 2. The van der Waals surface area contributed by atoms with Crippen LogP contribution in [0, 0.1) is 13.8 Å². The van der Waals surface area contributed by atoms with Crippen LogP contribution in [0.25, 0.3) is 0 Å². The second-order valence-electron chi connectivity index (χ2n) is 7.71. The van der Waals surface area contributed by atoms with E-state index in [0.29, 0.717) is 24.2 Å². The molecule has 0 fully saturated rings. The van der Waals surface area contributed by atoms with E-state index in [1.54, 1.807) is 0 Å². The quantitative estimate of drug-likeness (QED) is 0.413. The Kier molecular flexibility index (Phi) is 7.29. The zero-order chi connectivity index (χ0) is 23.6. The molecule has 0 aliphatic carbocycles. The molecule has 2 heterocycles. The zero-order valence-electron chi connectivity index (χ0n) is 19.3. The maximum atomic E-state index is 12.5. The van der Waals surface area contributed by atoms with E-state index in [1.165, 1.54) is 14.2 Å². The first-order valence-corrected chi connectivity index (χ1v) is 11.4. The average Bonchev–Trinajstić information content (AvgIpc) is 3.31. The number of benzene rings is 1. The third kappa shape index (κ3) is 4.13. The highest BCUT2D eigenvalue weighted by atomic mass is 79.9. The molecule has 2 N–H and O–H groups in total. The van der Waals surface area contributed by atoms with E-state index >= 15 is 0 Å². The van der Waals surface area contributed by atoms with E-state index < -0.39 is 11.9 Å². The summed E-state index contributed by atoms with van der Waals surface area (Å²) in [4.78, 5) is 31.7. The molecule has 0 saturated carbocycles. The minimum absolute atomic E-state index is 0.240. The van der Waals surface area contributed by atoms with E-state index in [4.69, 9.17) is 9.47 Å². The molecule has 0 aliphatic rings. The average molecular weight is 501 g/mol. The molecule has 0 atom stereocenters. The van der Waals surface area contributed by atoms with Crippen LogP contribution in [0.5, 0.6) is 0 Å². The predicted octanol–water partition coefficient (Wildman–Crippen LogP) is 5.60. The van der Waals surface area contributed by atoms with Crippen LogP contribution >= 0.6 is 15.9 Å². The lowest BCUT2D eigenvalue weighted by Gasteiger charge is -2.19. The van der Waals surface area contributed by atoms with Gasteiger partial charge in [-0.1, -0.05) is 41.9 Å². The second kappa shape index (κ2) is 9.77. The van der Waals surface area contributed by atoms with Crippen LogP contribution in [0.2, 0.25) is 0 Å². The highest BCUT2D eigenvalue weighted by Crippen LogP contribution is 2.39. The predicted molar refractivity (Wildman–Crippen MR) is 128 cm³/mol. The van der Waals surface area contributed by atoms with E-state index in [9.17, 15) is 9.59 Å². The molecule has 32 heavy (non-hydrogen) atoms. The summed E-state index contributed by atoms with van der Waals surface area (Å²) < 4.78 is 11.0. The van der Waals surface area contributed by atoms with Crippen molar-refractivity contribution in [3.63, 3.8) is 0 Å². The molecule has 6 nitrogen and oxygen atoms in total. The maximum absolute atomic E-state index is 12.5. The van der Waals surface area contributed by atoms with Crippen molar-refractivity contribution in [1.82, 2.24) is 9.97 Å². The molecule has 0 radical (unpaired) electrons. The van der Waals surface area contributed by atoms with Gasteiger partial charge in [0, 0.05) is 15.9 Å². The fraction of sp³-hybridized carbons (Fsp3) is 0.360. The van der Waals surface area contributed by atoms with Crippen LogP contribution < -0.4 is 0 Å². The minimum atomic E-state index is -0.390. The van der Waals surface area contributed by atoms with Gasteiger partial charge in [0.25, 0.3) is 0 Å². The number of nitrogens with one attached hydrogen (secondary N) is 2. The Morgan fingerprint density at radius 3 is 1.59 bits per heavy atom. The van der Waals surface area contributed by atoms with Crippen molar-refractivity contribution >= 4 is 27.9 Å². The largest absolute Gasteiger partial charge is 0.464 e. The van der Waals surface area contributed by atoms with Gasteiger partial charge in [-0.05, 0) is 66.6 Å². The number of halogens is 1. The molecule has 3 rings (SSSR count). The number of aromatic amines is 2. The van der Waals surface area contributed by atoms with Crippen LogP contribution in [0.3, 0.4) is 0 Å². The standard InChI is InChI=1S/C25H29BrN2O4/c1-7-17-13(3)20(27-22(17)24(29)31-5)19(15-9-11-16(26)12-10-15)21-14(4)18(8-2)23(28-21)25(30)32-6/h9-12,19,27-28H,7-8H2,1-6H3. The Bertz CT molecular complexity index is 1070. The van der Waals surface area contributed by atoms with Crippen molar-refractivity contribution in [2.75, 3.05) is 14.2 Å². The van der Waals surface area contributed by atoms with Crippen molar-refractivity contribution in [2.45, 2.75) is 46.5 Å².